The highest BCUT2D eigenvalue weighted by atomic mass is 32.2. The number of nitrogens with one attached hydrogen (secondary N) is 1. The monoisotopic (exact) mass is 268 g/mol. The Bertz CT molecular complexity index is 545. The van der Waals surface area contributed by atoms with Crippen LogP contribution in [0.4, 0.5) is 0 Å². The van der Waals surface area contributed by atoms with Crippen LogP contribution in [-0.4, -0.2) is 38.8 Å². The number of hydrogen-bond acceptors (Lipinski definition) is 3. The fraction of sp³-hybridized carbons (Fsp3) is 0.417. The van der Waals surface area contributed by atoms with Crippen LogP contribution in [0.3, 0.4) is 0 Å². The molecule has 1 fully saturated rings. The van der Waals surface area contributed by atoms with E-state index in [-0.39, 0.29) is 10.8 Å². The zero-order valence-electron chi connectivity index (χ0n) is 10.4. The van der Waals surface area contributed by atoms with Crippen molar-refractivity contribution in [3.05, 3.63) is 29.8 Å². The van der Waals surface area contributed by atoms with E-state index >= 15 is 0 Å². The molecule has 1 aliphatic rings. The molecule has 0 saturated heterocycles. The molecule has 0 aliphatic heterocycles. The smallest absolute Gasteiger partial charge is 0.251 e. The molecular formula is C12H16N2O3S. The van der Waals surface area contributed by atoms with Crippen LogP contribution in [0.25, 0.3) is 0 Å². The van der Waals surface area contributed by atoms with Crippen LogP contribution in [0.5, 0.6) is 0 Å². The molecule has 0 heterocycles. The van der Waals surface area contributed by atoms with Crippen LogP contribution in [0, 0.1) is 0 Å². The zero-order chi connectivity index (χ0) is 13.3. The number of nitrogens with zero attached hydrogens (tertiary/aromatic N) is 1. The Morgan fingerprint density at radius 2 is 1.78 bits per heavy atom. The van der Waals surface area contributed by atoms with Crippen molar-refractivity contribution in [3.63, 3.8) is 0 Å². The first-order chi connectivity index (χ1) is 8.41. The van der Waals surface area contributed by atoms with Gasteiger partial charge in [0.2, 0.25) is 10.0 Å². The average molecular weight is 268 g/mol. The van der Waals surface area contributed by atoms with Crippen molar-refractivity contribution in [2.75, 3.05) is 14.1 Å². The van der Waals surface area contributed by atoms with Crippen LogP contribution in [0.1, 0.15) is 23.2 Å². The van der Waals surface area contributed by atoms with E-state index in [2.05, 4.69) is 5.32 Å². The number of rotatable bonds is 4. The molecule has 6 heteroatoms. The van der Waals surface area contributed by atoms with Gasteiger partial charge in [-0.15, -0.1) is 0 Å². The molecule has 5 nitrogen and oxygen atoms in total. The highest BCUT2D eigenvalue weighted by Crippen LogP contribution is 2.20. The highest BCUT2D eigenvalue weighted by molar-refractivity contribution is 7.89. The fourth-order valence-corrected chi connectivity index (χ4v) is 2.39. The number of carbonyl (C=O) groups excluding carboxylic acids is 1. The maximum atomic E-state index is 11.8. The summed E-state index contributed by atoms with van der Waals surface area (Å²) in [5, 5.41) is 2.85. The quantitative estimate of drug-likeness (QED) is 0.879. The van der Waals surface area contributed by atoms with Gasteiger partial charge in [0.25, 0.3) is 5.91 Å². The van der Waals surface area contributed by atoms with E-state index < -0.39 is 10.0 Å². The fourth-order valence-electron chi connectivity index (χ4n) is 1.49. The third-order valence-electron chi connectivity index (χ3n) is 2.81. The summed E-state index contributed by atoms with van der Waals surface area (Å²) < 4.78 is 24.8. The van der Waals surface area contributed by atoms with E-state index in [1.165, 1.54) is 38.4 Å². The molecule has 2 rings (SSSR count). The van der Waals surface area contributed by atoms with Gasteiger partial charge in [0, 0.05) is 25.7 Å². The minimum absolute atomic E-state index is 0.147. The molecule has 1 amide bonds. The number of sulfonamides is 1. The first-order valence-corrected chi connectivity index (χ1v) is 7.19. The van der Waals surface area contributed by atoms with Gasteiger partial charge in [-0.2, -0.15) is 0 Å². The normalized spacial score (nSPS) is 15.7. The second-order valence-electron chi connectivity index (χ2n) is 4.56. The number of benzene rings is 1. The lowest BCUT2D eigenvalue weighted by Gasteiger charge is -2.11. The molecule has 1 saturated carbocycles. The average Bonchev–Trinajstić information content (AvgIpc) is 3.13. The van der Waals surface area contributed by atoms with Crippen molar-refractivity contribution in [1.82, 2.24) is 9.62 Å². The number of amides is 1. The summed E-state index contributed by atoms with van der Waals surface area (Å²) in [7, 11) is -0.478. The Hall–Kier alpha value is -1.40. The molecular weight excluding hydrogens is 252 g/mol. The Kier molecular flexibility index (Phi) is 3.41. The van der Waals surface area contributed by atoms with E-state index in [0.717, 1.165) is 17.1 Å². The van der Waals surface area contributed by atoms with Gasteiger partial charge in [-0.1, -0.05) is 0 Å². The maximum absolute atomic E-state index is 11.8. The maximum Gasteiger partial charge on any atom is 0.251 e. The van der Waals surface area contributed by atoms with Gasteiger partial charge in [-0.3, -0.25) is 4.79 Å². The van der Waals surface area contributed by atoms with Gasteiger partial charge in [0.1, 0.15) is 0 Å². The Labute approximate surface area is 107 Å². The molecule has 0 radical (unpaired) electrons. The van der Waals surface area contributed by atoms with Gasteiger partial charge >= 0.3 is 0 Å². The first kappa shape index (κ1) is 13.0. The standard InChI is InChI=1S/C12H16N2O3S/c1-14(2)18(16,17)11-7-3-9(4-8-11)12(15)13-10-5-6-10/h3-4,7-8,10H,5-6H2,1-2H3,(H,13,15). The van der Waals surface area contributed by atoms with Crippen LogP contribution < -0.4 is 5.32 Å². The summed E-state index contributed by atoms with van der Waals surface area (Å²) in [4.78, 5) is 11.9. The van der Waals surface area contributed by atoms with Crippen molar-refractivity contribution in [1.29, 1.82) is 0 Å². The van der Waals surface area contributed by atoms with Crippen LogP contribution in [0.2, 0.25) is 0 Å². The number of carbonyl (C=O) groups is 1. The topological polar surface area (TPSA) is 66.5 Å². The minimum Gasteiger partial charge on any atom is -0.349 e. The molecule has 18 heavy (non-hydrogen) atoms. The summed E-state index contributed by atoms with van der Waals surface area (Å²) in [6, 6.07) is 6.28. The minimum atomic E-state index is -3.43. The largest absolute Gasteiger partial charge is 0.349 e. The summed E-state index contributed by atoms with van der Waals surface area (Å²) in [6.45, 7) is 0. The van der Waals surface area contributed by atoms with Crippen LogP contribution >= 0.6 is 0 Å². The van der Waals surface area contributed by atoms with E-state index in [0.29, 0.717) is 11.6 Å². The highest BCUT2D eigenvalue weighted by Gasteiger charge is 2.24. The molecule has 1 aliphatic carbocycles. The second kappa shape index (κ2) is 4.70. The third-order valence-corrected chi connectivity index (χ3v) is 4.64. The van der Waals surface area contributed by atoms with E-state index in [1.807, 2.05) is 0 Å². The second-order valence-corrected chi connectivity index (χ2v) is 6.71. The molecule has 1 aromatic carbocycles. The lowest BCUT2D eigenvalue weighted by atomic mass is 10.2. The summed E-state index contributed by atoms with van der Waals surface area (Å²) in [6.07, 6.45) is 2.05. The van der Waals surface area contributed by atoms with E-state index in [4.69, 9.17) is 0 Å². The van der Waals surface area contributed by atoms with Crippen molar-refractivity contribution in [2.45, 2.75) is 23.8 Å². The summed E-state index contributed by atoms with van der Waals surface area (Å²) in [5.74, 6) is -0.147. The molecule has 1 N–H and O–H groups in total. The van der Waals surface area contributed by atoms with Gasteiger partial charge in [-0.25, -0.2) is 12.7 Å². The zero-order valence-corrected chi connectivity index (χ0v) is 11.2. The van der Waals surface area contributed by atoms with Crippen molar-refractivity contribution in [3.8, 4) is 0 Å². The molecule has 0 bridgehead atoms. The molecule has 0 unspecified atom stereocenters. The first-order valence-electron chi connectivity index (χ1n) is 5.75. The molecule has 98 valence electrons. The van der Waals surface area contributed by atoms with Crippen LogP contribution in [-0.2, 0) is 10.0 Å². The molecule has 0 atom stereocenters. The van der Waals surface area contributed by atoms with Gasteiger partial charge in [0.15, 0.2) is 0 Å². The van der Waals surface area contributed by atoms with Crippen LogP contribution in [0.15, 0.2) is 29.2 Å². The molecule has 0 aromatic heterocycles. The predicted octanol–water partition coefficient (Wildman–Crippen LogP) is 0.829. The van der Waals surface area contributed by atoms with Gasteiger partial charge in [0.05, 0.1) is 4.90 Å². The van der Waals surface area contributed by atoms with Gasteiger partial charge < -0.3 is 5.32 Å². The Morgan fingerprint density at radius 1 is 1.22 bits per heavy atom. The van der Waals surface area contributed by atoms with Crippen molar-refractivity contribution < 1.29 is 13.2 Å². The van der Waals surface area contributed by atoms with Crippen molar-refractivity contribution >= 4 is 15.9 Å². The lowest BCUT2D eigenvalue weighted by molar-refractivity contribution is 0.0951. The van der Waals surface area contributed by atoms with E-state index in [9.17, 15) is 13.2 Å². The number of hydrogen-bond donors (Lipinski definition) is 1. The SMILES string of the molecule is CN(C)S(=O)(=O)c1ccc(C(=O)NC2CC2)cc1. The summed E-state index contributed by atoms with van der Waals surface area (Å²) >= 11 is 0. The van der Waals surface area contributed by atoms with Crippen molar-refractivity contribution in [2.24, 2.45) is 0 Å². The molecule has 1 aromatic rings. The molecule has 0 spiro atoms. The van der Waals surface area contributed by atoms with Gasteiger partial charge in [-0.05, 0) is 37.1 Å². The lowest BCUT2D eigenvalue weighted by Crippen LogP contribution is -2.25. The predicted molar refractivity (Wildman–Crippen MR) is 67.8 cm³/mol. The van der Waals surface area contributed by atoms with E-state index in [1.54, 1.807) is 0 Å². The third kappa shape index (κ3) is 2.70. The Morgan fingerprint density at radius 3 is 2.22 bits per heavy atom. The Balaban J connectivity index is 2.16. The summed E-state index contributed by atoms with van der Waals surface area (Å²) in [5.41, 5.74) is 0.486.